The molecule has 132 valence electrons. The zero-order valence-electron chi connectivity index (χ0n) is 13.7. The van der Waals surface area contributed by atoms with E-state index in [9.17, 15) is 10.2 Å². The average Bonchev–Trinajstić information content (AvgIpc) is 2.99. The summed E-state index contributed by atoms with van der Waals surface area (Å²) in [6, 6.07) is 9.24. The van der Waals surface area contributed by atoms with Crippen LogP contribution in [0.3, 0.4) is 0 Å². The topological polar surface area (TPSA) is 115 Å². The van der Waals surface area contributed by atoms with E-state index in [2.05, 4.69) is 0 Å². The molecule has 1 aromatic heterocycles. The molecule has 0 fully saturated rings. The van der Waals surface area contributed by atoms with Crippen molar-refractivity contribution in [3.8, 4) is 11.3 Å². The van der Waals surface area contributed by atoms with Crippen molar-refractivity contribution in [2.24, 2.45) is 7.05 Å². The second-order valence-electron chi connectivity index (χ2n) is 5.86. The Morgan fingerprint density at radius 3 is 2.21 bits per heavy atom. The van der Waals surface area contributed by atoms with Crippen LogP contribution in [0.5, 0.6) is 0 Å². The molecular formula is C17H25N3O4. The Balaban J connectivity index is 2.46. The van der Waals surface area contributed by atoms with Crippen LogP contribution in [0, 0.1) is 0 Å². The van der Waals surface area contributed by atoms with Gasteiger partial charge in [-0.05, 0) is 30.3 Å². The highest BCUT2D eigenvalue weighted by molar-refractivity contribution is 5.80. The van der Waals surface area contributed by atoms with Crippen molar-refractivity contribution < 1.29 is 20.4 Å². The summed E-state index contributed by atoms with van der Waals surface area (Å²) in [6.45, 7) is -0.538. The van der Waals surface area contributed by atoms with Gasteiger partial charge in [0.2, 0.25) is 0 Å². The Kier molecular flexibility index (Phi) is 6.22. The van der Waals surface area contributed by atoms with Gasteiger partial charge in [0.25, 0.3) is 0 Å². The van der Waals surface area contributed by atoms with Crippen LogP contribution in [0.15, 0.2) is 36.5 Å². The van der Waals surface area contributed by atoms with Crippen LogP contribution in [0.25, 0.3) is 11.3 Å². The maximum absolute atomic E-state index is 9.84. The number of rotatable bonds is 8. The Bertz CT molecular complexity index is 647. The van der Waals surface area contributed by atoms with Crippen molar-refractivity contribution in [3.63, 3.8) is 0 Å². The second kappa shape index (κ2) is 8.16. The van der Waals surface area contributed by atoms with Gasteiger partial charge in [-0.25, -0.2) is 0 Å². The van der Waals surface area contributed by atoms with E-state index >= 15 is 0 Å². The molecule has 2 rings (SSSR count). The first-order valence-corrected chi connectivity index (χ1v) is 7.80. The molecule has 7 heteroatoms. The lowest BCUT2D eigenvalue weighted by Gasteiger charge is -2.30. The molecule has 2 atom stereocenters. The first kappa shape index (κ1) is 18.3. The molecule has 24 heavy (non-hydrogen) atoms. The van der Waals surface area contributed by atoms with Crippen LogP contribution < -0.4 is 10.6 Å². The Morgan fingerprint density at radius 2 is 1.71 bits per heavy atom. The van der Waals surface area contributed by atoms with E-state index in [1.807, 2.05) is 42.1 Å². The number of aliphatic hydroxyl groups excluding tert-OH is 4. The minimum Gasteiger partial charge on any atom is -0.399 e. The Hall–Kier alpha value is -2.06. The fourth-order valence-electron chi connectivity index (χ4n) is 2.67. The third-order valence-corrected chi connectivity index (χ3v) is 3.86. The smallest absolute Gasteiger partial charge is 0.0945 e. The number of benzene rings is 1. The van der Waals surface area contributed by atoms with E-state index in [-0.39, 0.29) is 26.3 Å². The van der Waals surface area contributed by atoms with Crippen LogP contribution in [-0.2, 0) is 7.05 Å². The number of nitrogen functional groups attached to an aromatic ring is 1. The van der Waals surface area contributed by atoms with E-state index in [0.717, 1.165) is 16.9 Å². The van der Waals surface area contributed by atoms with Gasteiger partial charge in [-0.15, -0.1) is 0 Å². The molecule has 0 aliphatic heterocycles. The van der Waals surface area contributed by atoms with Crippen LogP contribution in [0.1, 0.15) is 0 Å². The first-order chi connectivity index (χ1) is 11.5. The molecule has 0 saturated heterocycles. The maximum Gasteiger partial charge on any atom is 0.0945 e. The molecule has 2 unspecified atom stereocenters. The standard InChI is InChI=1S/C17H25N3O4/c1-19-6-2-3-16(19)15-7-12(18)4-5-17(15)20(8-13(23)10-21)9-14(24)11-22/h2-7,13-14,21-24H,8-11,18H2,1H3. The normalized spacial score (nSPS) is 13.7. The zero-order chi connectivity index (χ0) is 17.7. The SMILES string of the molecule is Cn1cccc1-c1cc(N)ccc1N(CC(O)CO)CC(O)CO. The monoisotopic (exact) mass is 335 g/mol. The summed E-state index contributed by atoms with van der Waals surface area (Å²) in [7, 11) is 1.91. The van der Waals surface area contributed by atoms with Crippen molar-refractivity contribution in [3.05, 3.63) is 36.5 Å². The van der Waals surface area contributed by atoms with E-state index in [1.54, 1.807) is 11.0 Å². The summed E-state index contributed by atoms with van der Waals surface area (Å²) in [4.78, 5) is 1.74. The number of hydrogen-bond donors (Lipinski definition) is 5. The first-order valence-electron chi connectivity index (χ1n) is 7.80. The summed E-state index contributed by atoms with van der Waals surface area (Å²) in [6.07, 6.45) is -0.0120. The van der Waals surface area contributed by atoms with Crippen molar-refractivity contribution in [1.82, 2.24) is 4.57 Å². The molecule has 2 aromatic rings. The maximum atomic E-state index is 9.84. The van der Waals surface area contributed by atoms with Crippen molar-refractivity contribution >= 4 is 11.4 Å². The quantitative estimate of drug-likeness (QED) is 0.426. The molecule has 0 spiro atoms. The molecule has 0 radical (unpaired) electrons. The van der Waals surface area contributed by atoms with E-state index < -0.39 is 12.2 Å². The molecule has 6 N–H and O–H groups in total. The lowest BCUT2D eigenvalue weighted by molar-refractivity contribution is 0.0839. The van der Waals surface area contributed by atoms with Gasteiger partial charge in [-0.1, -0.05) is 0 Å². The zero-order valence-corrected chi connectivity index (χ0v) is 13.7. The molecule has 1 aromatic carbocycles. The third kappa shape index (κ3) is 4.27. The summed E-state index contributed by atoms with van der Waals surface area (Å²) >= 11 is 0. The molecule has 0 saturated carbocycles. The van der Waals surface area contributed by atoms with E-state index in [4.69, 9.17) is 15.9 Å². The lowest BCUT2D eigenvalue weighted by atomic mass is 10.1. The van der Waals surface area contributed by atoms with E-state index in [0.29, 0.717) is 5.69 Å². The molecular weight excluding hydrogens is 310 g/mol. The highest BCUT2D eigenvalue weighted by atomic mass is 16.3. The summed E-state index contributed by atoms with van der Waals surface area (Å²) in [5, 5.41) is 38.0. The van der Waals surface area contributed by atoms with Gasteiger partial charge in [0.05, 0.1) is 25.4 Å². The van der Waals surface area contributed by atoms with Crippen LogP contribution in [0.4, 0.5) is 11.4 Å². The fraction of sp³-hybridized carbons (Fsp3) is 0.412. The van der Waals surface area contributed by atoms with E-state index in [1.165, 1.54) is 0 Å². The van der Waals surface area contributed by atoms with Crippen molar-refractivity contribution in [2.45, 2.75) is 12.2 Å². The van der Waals surface area contributed by atoms with Gasteiger partial charge in [0.15, 0.2) is 0 Å². The number of anilines is 2. The number of aliphatic hydroxyl groups is 4. The van der Waals surface area contributed by atoms with Gasteiger partial charge in [-0.3, -0.25) is 0 Å². The van der Waals surface area contributed by atoms with Gasteiger partial charge in [0, 0.05) is 49.0 Å². The highest BCUT2D eigenvalue weighted by Crippen LogP contribution is 2.33. The molecule has 1 heterocycles. The molecule has 7 nitrogen and oxygen atoms in total. The number of aromatic nitrogens is 1. The average molecular weight is 335 g/mol. The summed E-state index contributed by atoms with van der Waals surface area (Å²) in [5.41, 5.74) is 9.06. The number of nitrogens with two attached hydrogens (primary N) is 1. The summed E-state index contributed by atoms with van der Waals surface area (Å²) < 4.78 is 1.95. The molecule has 0 bridgehead atoms. The Morgan fingerprint density at radius 1 is 1.08 bits per heavy atom. The van der Waals surface area contributed by atoms with Crippen molar-refractivity contribution in [2.75, 3.05) is 36.9 Å². The van der Waals surface area contributed by atoms with Gasteiger partial charge in [0.1, 0.15) is 0 Å². The Labute approximate surface area is 141 Å². The second-order valence-corrected chi connectivity index (χ2v) is 5.86. The lowest BCUT2D eigenvalue weighted by Crippen LogP contribution is -2.40. The molecule has 0 aliphatic rings. The number of aryl methyl sites for hydroxylation is 1. The number of nitrogens with zero attached hydrogens (tertiary/aromatic N) is 2. The third-order valence-electron chi connectivity index (χ3n) is 3.86. The van der Waals surface area contributed by atoms with Crippen molar-refractivity contribution in [1.29, 1.82) is 0 Å². The van der Waals surface area contributed by atoms with Gasteiger partial charge < -0.3 is 35.6 Å². The largest absolute Gasteiger partial charge is 0.399 e. The van der Waals surface area contributed by atoms with Gasteiger partial charge in [-0.2, -0.15) is 0 Å². The highest BCUT2D eigenvalue weighted by Gasteiger charge is 2.20. The fourth-order valence-corrected chi connectivity index (χ4v) is 2.67. The van der Waals surface area contributed by atoms with Crippen LogP contribution in [0.2, 0.25) is 0 Å². The molecule has 0 aliphatic carbocycles. The number of hydrogen-bond acceptors (Lipinski definition) is 6. The summed E-state index contributed by atoms with van der Waals surface area (Å²) in [5.74, 6) is 0. The minimum atomic E-state index is -0.963. The minimum absolute atomic E-state index is 0.120. The predicted octanol–water partition coefficient (Wildman–Crippen LogP) is -0.213. The van der Waals surface area contributed by atoms with Gasteiger partial charge >= 0.3 is 0 Å². The van der Waals surface area contributed by atoms with Crippen LogP contribution >= 0.6 is 0 Å². The predicted molar refractivity (Wildman–Crippen MR) is 93.7 cm³/mol. The molecule has 0 amide bonds. The van der Waals surface area contributed by atoms with Crippen LogP contribution in [-0.4, -0.2) is 63.5 Å².